The molecule has 0 aromatic carbocycles. The van der Waals surface area contributed by atoms with Gasteiger partial charge < -0.3 is 15.2 Å². The van der Waals surface area contributed by atoms with Crippen molar-refractivity contribution in [1.82, 2.24) is 5.32 Å². The fourth-order valence-corrected chi connectivity index (χ4v) is 0.729. The van der Waals surface area contributed by atoms with Gasteiger partial charge in [0.05, 0.1) is 6.61 Å². The number of aliphatic hydroxyl groups excluding tert-OH is 1. The molecular formula is C9H16F3NO3. The molecule has 16 heavy (non-hydrogen) atoms. The Kier molecular flexibility index (Phi) is 4.21. The normalized spacial score (nSPS) is 16.5. The van der Waals surface area contributed by atoms with Crippen LogP contribution in [-0.2, 0) is 4.74 Å². The zero-order valence-electron chi connectivity index (χ0n) is 9.60. The van der Waals surface area contributed by atoms with Gasteiger partial charge >= 0.3 is 12.3 Å². The fraction of sp³-hybridized carbons (Fsp3) is 0.889. The van der Waals surface area contributed by atoms with E-state index in [2.05, 4.69) is 4.74 Å². The molecule has 2 N–H and O–H groups in total. The number of halogens is 3. The Balaban J connectivity index is 4.63. The summed E-state index contributed by atoms with van der Waals surface area (Å²) in [6, 6.07) is 0. The van der Waals surface area contributed by atoms with Crippen molar-refractivity contribution in [3.8, 4) is 0 Å². The van der Waals surface area contributed by atoms with Gasteiger partial charge in [-0.3, -0.25) is 0 Å². The summed E-state index contributed by atoms with van der Waals surface area (Å²) >= 11 is 0. The summed E-state index contributed by atoms with van der Waals surface area (Å²) in [6.07, 6.45) is -5.97. The van der Waals surface area contributed by atoms with Crippen molar-refractivity contribution in [3.05, 3.63) is 0 Å². The first-order chi connectivity index (χ1) is 6.91. The van der Waals surface area contributed by atoms with Crippen LogP contribution in [0.25, 0.3) is 0 Å². The molecule has 7 heteroatoms. The first-order valence-electron chi connectivity index (χ1n) is 4.60. The van der Waals surface area contributed by atoms with Crippen molar-refractivity contribution in [2.45, 2.75) is 45.0 Å². The highest BCUT2D eigenvalue weighted by atomic mass is 19.4. The molecule has 0 fully saturated rings. The van der Waals surface area contributed by atoms with E-state index in [0.29, 0.717) is 6.92 Å². The second-order valence-corrected chi connectivity index (χ2v) is 4.61. The molecule has 0 bridgehead atoms. The second kappa shape index (κ2) is 4.48. The van der Waals surface area contributed by atoms with Gasteiger partial charge in [0, 0.05) is 0 Å². The lowest BCUT2D eigenvalue weighted by Crippen LogP contribution is -2.59. The van der Waals surface area contributed by atoms with E-state index in [1.165, 1.54) is 20.8 Å². The van der Waals surface area contributed by atoms with Gasteiger partial charge in [-0.1, -0.05) is 0 Å². The van der Waals surface area contributed by atoms with E-state index in [4.69, 9.17) is 5.11 Å². The lowest BCUT2D eigenvalue weighted by atomic mass is 10.0. The van der Waals surface area contributed by atoms with Gasteiger partial charge in [-0.05, 0) is 27.7 Å². The van der Waals surface area contributed by atoms with Crippen molar-refractivity contribution in [2.75, 3.05) is 6.61 Å². The van der Waals surface area contributed by atoms with E-state index in [1.807, 2.05) is 0 Å². The molecule has 0 spiro atoms. The Morgan fingerprint density at radius 2 is 1.69 bits per heavy atom. The predicted molar refractivity (Wildman–Crippen MR) is 50.9 cm³/mol. The van der Waals surface area contributed by atoms with Gasteiger partial charge in [0.15, 0.2) is 5.54 Å². The molecule has 1 unspecified atom stereocenters. The third-order valence-corrected chi connectivity index (χ3v) is 1.72. The summed E-state index contributed by atoms with van der Waals surface area (Å²) in [5.41, 5.74) is -3.60. The largest absolute Gasteiger partial charge is 0.444 e. The Morgan fingerprint density at radius 1 is 1.25 bits per heavy atom. The number of nitrogens with one attached hydrogen (secondary N) is 1. The van der Waals surface area contributed by atoms with Gasteiger partial charge in [-0.25, -0.2) is 4.79 Å². The SMILES string of the molecule is CC(C)(C)OC(=O)NC(C)(CO)C(F)(F)F. The molecule has 0 radical (unpaired) electrons. The smallest absolute Gasteiger partial charge is 0.413 e. The Bertz CT molecular complexity index is 260. The van der Waals surface area contributed by atoms with E-state index in [-0.39, 0.29) is 0 Å². The van der Waals surface area contributed by atoms with Crippen molar-refractivity contribution in [3.63, 3.8) is 0 Å². The summed E-state index contributed by atoms with van der Waals surface area (Å²) < 4.78 is 42.1. The van der Waals surface area contributed by atoms with Crippen LogP contribution in [-0.4, -0.2) is 35.1 Å². The Hall–Kier alpha value is -0.980. The number of carbonyl (C=O) groups is 1. The second-order valence-electron chi connectivity index (χ2n) is 4.61. The molecule has 0 rings (SSSR count). The van der Waals surface area contributed by atoms with Crippen LogP contribution in [0.1, 0.15) is 27.7 Å². The third-order valence-electron chi connectivity index (χ3n) is 1.72. The number of ether oxygens (including phenoxy) is 1. The molecule has 0 heterocycles. The van der Waals surface area contributed by atoms with E-state index in [0.717, 1.165) is 0 Å². The number of hydrogen-bond acceptors (Lipinski definition) is 3. The number of hydrogen-bond donors (Lipinski definition) is 2. The number of alkyl halides is 3. The Labute approximate surface area is 91.8 Å². The van der Waals surface area contributed by atoms with Crippen LogP contribution < -0.4 is 5.32 Å². The van der Waals surface area contributed by atoms with Crippen molar-refractivity contribution < 1.29 is 27.8 Å². The van der Waals surface area contributed by atoms with Crippen LogP contribution in [0, 0.1) is 0 Å². The molecule has 0 saturated carbocycles. The quantitative estimate of drug-likeness (QED) is 0.777. The number of alkyl carbamates (subject to hydrolysis) is 1. The van der Waals surface area contributed by atoms with Crippen molar-refractivity contribution >= 4 is 6.09 Å². The van der Waals surface area contributed by atoms with Crippen LogP contribution in [0.2, 0.25) is 0 Å². The van der Waals surface area contributed by atoms with Crippen molar-refractivity contribution in [1.29, 1.82) is 0 Å². The van der Waals surface area contributed by atoms with Crippen LogP contribution in [0.15, 0.2) is 0 Å². The molecule has 0 aliphatic heterocycles. The highest BCUT2D eigenvalue weighted by molar-refractivity contribution is 5.68. The number of amides is 1. The van der Waals surface area contributed by atoms with E-state index < -0.39 is 30.0 Å². The lowest BCUT2D eigenvalue weighted by Gasteiger charge is -2.32. The third kappa shape index (κ3) is 4.26. The number of aliphatic hydroxyl groups is 1. The molecule has 4 nitrogen and oxygen atoms in total. The van der Waals surface area contributed by atoms with Crippen LogP contribution in [0.3, 0.4) is 0 Å². The van der Waals surface area contributed by atoms with Gasteiger partial charge in [0.25, 0.3) is 0 Å². The fourth-order valence-electron chi connectivity index (χ4n) is 0.729. The summed E-state index contributed by atoms with van der Waals surface area (Å²) in [7, 11) is 0. The average molecular weight is 243 g/mol. The lowest BCUT2D eigenvalue weighted by molar-refractivity contribution is -0.199. The first-order valence-corrected chi connectivity index (χ1v) is 4.60. The van der Waals surface area contributed by atoms with Gasteiger partial charge in [-0.15, -0.1) is 0 Å². The molecule has 0 aromatic rings. The highest BCUT2D eigenvalue weighted by Crippen LogP contribution is 2.29. The first kappa shape index (κ1) is 15.0. The van der Waals surface area contributed by atoms with E-state index in [1.54, 1.807) is 5.32 Å². The van der Waals surface area contributed by atoms with Gasteiger partial charge in [-0.2, -0.15) is 13.2 Å². The molecule has 0 aliphatic rings. The predicted octanol–water partition coefficient (Wildman–Crippen LogP) is 1.82. The van der Waals surface area contributed by atoms with Gasteiger partial charge in [0.2, 0.25) is 0 Å². The molecular weight excluding hydrogens is 227 g/mol. The molecule has 1 amide bonds. The minimum atomic E-state index is -4.75. The molecule has 96 valence electrons. The minimum Gasteiger partial charge on any atom is -0.444 e. The topological polar surface area (TPSA) is 58.6 Å². The zero-order chi connectivity index (χ0) is 13.2. The summed E-state index contributed by atoms with van der Waals surface area (Å²) in [6.45, 7) is 4.00. The van der Waals surface area contributed by atoms with Crippen molar-refractivity contribution in [2.24, 2.45) is 0 Å². The van der Waals surface area contributed by atoms with Crippen LogP contribution in [0.5, 0.6) is 0 Å². The highest BCUT2D eigenvalue weighted by Gasteiger charge is 2.52. The maximum Gasteiger partial charge on any atom is 0.413 e. The molecule has 1 atom stereocenters. The minimum absolute atomic E-state index is 0.678. The molecule has 0 saturated heterocycles. The maximum atomic E-state index is 12.5. The number of rotatable bonds is 2. The summed E-state index contributed by atoms with van der Waals surface area (Å²) in [4.78, 5) is 11.1. The maximum absolute atomic E-state index is 12.5. The van der Waals surface area contributed by atoms with Crippen LogP contribution in [0.4, 0.5) is 18.0 Å². The average Bonchev–Trinajstić information content (AvgIpc) is 1.97. The number of carbonyl (C=O) groups excluding carboxylic acids is 1. The monoisotopic (exact) mass is 243 g/mol. The zero-order valence-corrected chi connectivity index (χ0v) is 9.60. The Morgan fingerprint density at radius 3 is 1.94 bits per heavy atom. The summed E-state index contributed by atoms with van der Waals surface area (Å²) in [5.74, 6) is 0. The standard InChI is InChI=1S/C9H16F3NO3/c1-7(2,3)16-6(15)13-8(4,5-14)9(10,11)12/h14H,5H2,1-4H3,(H,13,15). The molecule has 0 aliphatic carbocycles. The van der Waals surface area contributed by atoms with Gasteiger partial charge in [0.1, 0.15) is 5.60 Å². The summed E-state index contributed by atoms with van der Waals surface area (Å²) in [5, 5.41) is 10.3. The van der Waals surface area contributed by atoms with E-state index in [9.17, 15) is 18.0 Å². The van der Waals surface area contributed by atoms with Crippen LogP contribution >= 0.6 is 0 Å². The molecule has 0 aromatic heterocycles. The van der Waals surface area contributed by atoms with E-state index >= 15 is 0 Å².